The van der Waals surface area contributed by atoms with E-state index in [-0.39, 0.29) is 48.1 Å². The number of aromatic nitrogens is 5. The summed E-state index contributed by atoms with van der Waals surface area (Å²) in [7, 11) is 1.57. The second-order valence-corrected chi connectivity index (χ2v) is 10.7. The minimum Gasteiger partial charge on any atom is -0.480 e. The molecule has 2 aliphatic carbocycles. The summed E-state index contributed by atoms with van der Waals surface area (Å²) in [6, 6.07) is 6.16. The number of benzene rings is 1. The summed E-state index contributed by atoms with van der Waals surface area (Å²) in [5.41, 5.74) is 0.973. The molecule has 3 heterocycles. The zero-order valence-corrected chi connectivity index (χ0v) is 21.4. The first-order valence-electron chi connectivity index (χ1n) is 12.6. The van der Waals surface area contributed by atoms with Crippen LogP contribution in [0.4, 0.5) is 24.8 Å². The third-order valence-electron chi connectivity index (χ3n) is 7.67. The molecule has 6 rings (SSSR count). The molecule has 1 N–H and O–H groups in total. The van der Waals surface area contributed by atoms with E-state index >= 15 is 0 Å². The first kappa shape index (κ1) is 25.0. The molecular weight excluding hydrogens is 523 g/mol. The zero-order valence-electron chi connectivity index (χ0n) is 20.7. The van der Waals surface area contributed by atoms with Crippen molar-refractivity contribution < 1.29 is 22.6 Å². The number of halogens is 4. The number of nitrogens with one attached hydrogen (secondary N) is 1. The van der Waals surface area contributed by atoms with E-state index in [4.69, 9.17) is 21.1 Å². The van der Waals surface area contributed by atoms with Gasteiger partial charge in [0.2, 0.25) is 17.8 Å². The van der Waals surface area contributed by atoms with Crippen LogP contribution in [-0.4, -0.2) is 57.1 Å². The van der Waals surface area contributed by atoms with Gasteiger partial charge >= 0.3 is 6.01 Å². The molecular formula is C25H27ClF3N7O2. The highest BCUT2D eigenvalue weighted by atomic mass is 35.5. The van der Waals surface area contributed by atoms with Crippen LogP contribution >= 0.6 is 11.6 Å². The van der Waals surface area contributed by atoms with Crippen LogP contribution in [0.1, 0.15) is 25.7 Å². The van der Waals surface area contributed by atoms with Crippen molar-refractivity contribution in [2.45, 2.75) is 44.2 Å². The Labute approximate surface area is 222 Å². The van der Waals surface area contributed by atoms with Gasteiger partial charge in [-0.3, -0.25) is 0 Å². The van der Waals surface area contributed by atoms with Gasteiger partial charge in [0.1, 0.15) is 11.6 Å². The molecule has 38 heavy (non-hydrogen) atoms. The number of methoxy groups -OCH3 is 1. The monoisotopic (exact) mass is 549 g/mol. The molecule has 1 aliphatic heterocycles. The lowest BCUT2D eigenvalue weighted by atomic mass is 9.81. The predicted molar refractivity (Wildman–Crippen MR) is 134 cm³/mol. The molecule has 3 fully saturated rings. The van der Waals surface area contributed by atoms with E-state index in [2.05, 4.69) is 30.5 Å². The number of alkyl halides is 2. The van der Waals surface area contributed by atoms with Gasteiger partial charge in [0, 0.05) is 50.7 Å². The van der Waals surface area contributed by atoms with Crippen molar-refractivity contribution in [2.24, 2.45) is 17.8 Å². The SMILES string of the molecule is COc1cc(N2CC3CCC(C2)C3Nc2nc(Oc3ccc(F)c(Cl)c3)n(CC3CC(F)(F)C3)n2)cnn1. The number of hydrogen-bond acceptors (Lipinski definition) is 8. The Bertz CT molecular complexity index is 1300. The lowest BCUT2D eigenvalue weighted by Crippen LogP contribution is -2.48. The van der Waals surface area contributed by atoms with E-state index in [0.29, 0.717) is 23.7 Å². The van der Waals surface area contributed by atoms with Crippen molar-refractivity contribution in [1.82, 2.24) is 25.0 Å². The fraction of sp³-hybridized carbons (Fsp3) is 0.520. The molecule has 2 saturated carbocycles. The summed E-state index contributed by atoms with van der Waals surface area (Å²) in [5.74, 6) is -1.60. The maximum Gasteiger partial charge on any atom is 0.322 e. The van der Waals surface area contributed by atoms with Gasteiger partial charge in [0.25, 0.3) is 0 Å². The smallest absolute Gasteiger partial charge is 0.322 e. The molecule has 13 heteroatoms. The Kier molecular flexibility index (Phi) is 6.45. The largest absolute Gasteiger partial charge is 0.480 e. The van der Waals surface area contributed by atoms with Gasteiger partial charge in [0.15, 0.2) is 0 Å². The Balaban J connectivity index is 1.19. The number of ether oxygens (including phenoxy) is 2. The van der Waals surface area contributed by atoms with E-state index in [1.54, 1.807) is 13.3 Å². The van der Waals surface area contributed by atoms with Crippen LogP contribution < -0.4 is 19.7 Å². The van der Waals surface area contributed by atoms with Crippen molar-refractivity contribution in [1.29, 1.82) is 0 Å². The number of piperidine rings is 1. The van der Waals surface area contributed by atoms with Gasteiger partial charge in [-0.2, -0.15) is 10.1 Å². The maximum atomic E-state index is 13.6. The average Bonchev–Trinajstić information content (AvgIpc) is 3.34. The second-order valence-electron chi connectivity index (χ2n) is 10.3. The van der Waals surface area contributed by atoms with Gasteiger partial charge < -0.3 is 19.7 Å². The number of nitrogens with zero attached hydrogens (tertiary/aromatic N) is 6. The quantitative estimate of drug-likeness (QED) is 0.418. The fourth-order valence-corrected chi connectivity index (χ4v) is 5.99. The van der Waals surface area contributed by atoms with E-state index < -0.39 is 11.7 Å². The molecule has 3 aliphatic rings. The van der Waals surface area contributed by atoms with E-state index in [9.17, 15) is 13.2 Å². The fourth-order valence-electron chi connectivity index (χ4n) is 5.82. The summed E-state index contributed by atoms with van der Waals surface area (Å²) in [4.78, 5) is 6.84. The molecule has 3 aromatic rings. The van der Waals surface area contributed by atoms with Crippen molar-refractivity contribution in [3.05, 3.63) is 41.3 Å². The minimum absolute atomic E-state index is 0.0871. The molecule has 0 spiro atoms. The van der Waals surface area contributed by atoms with E-state index in [0.717, 1.165) is 31.6 Å². The molecule has 2 unspecified atom stereocenters. The molecule has 1 saturated heterocycles. The summed E-state index contributed by atoms with van der Waals surface area (Å²) in [6.45, 7) is 1.91. The van der Waals surface area contributed by atoms with E-state index in [1.165, 1.54) is 22.9 Å². The van der Waals surface area contributed by atoms with Crippen LogP contribution in [0, 0.1) is 23.6 Å². The van der Waals surface area contributed by atoms with Crippen molar-refractivity contribution >= 4 is 23.2 Å². The summed E-state index contributed by atoms with van der Waals surface area (Å²) < 4.78 is 53.2. The Morgan fingerprint density at radius 1 is 1.16 bits per heavy atom. The molecule has 0 radical (unpaired) electrons. The van der Waals surface area contributed by atoms with Crippen molar-refractivity contribution in [3.63, 3.8) is 0 Å². The molecule has 2 bridgehead atoms. The molecule has 1 aromatic carbocycles. The lowest BCUT2D eigenvalue weighted by Gasteiger charge is -2.39. The van der Waals surface area contributed by atoms with Gasteiger partial charge in [-0.15, -0.1) is 10.2 Å². The molecule has 2 atom stereocenters. The maximum absolute atomic E-state index is 13.6. The topological polar surface area (TPSA) is 90.2 Å². The lowest BCUT2D eigenvalue weighted by molar-refractivity contribution is -0.115. The molecule has 9 nitrogen and oxygen atoms in total. The van der Waals surface area contributed by atoms with Crippen molar-refractivity contribution in [3.8, 4) is 17.6 Å². The van der Waals surface area contributed by atoms with Gasteiger partial charge in [-0.25, -0.2) is 17.9 Å². The number of fused-ring (bicyclic) bond motifs is 2. The normalized spacial score (nSPS) is 24.2. The standard InChI is InChI=1S/C25H27ClF3N7O2/c1-37-21-6-17(10-30-33-21)35-12-15-2-3-16(13-35)22(15)31-23-32-24(38-18-4-5-20(27)19(26)7-18)36(34-23)11-14-8-25(28,29)9-14/h4-7,10,14-16,22H,2-3,8-9,11-13H2,1H3,(H,31,34). The molecule has 2 aromatic heterocycles. The van der Waals surface area contributed by atoms with Gasteiger partial charge in [0.05, 0.1) is 24.0 Å². The van der Waals surface area contributed by atoms with Crippen LogP contribution in [0.15, 0.2) is 30.5 Å². The van der Waals surface area contributed by atoms with Crippen LogP contribution in [0.25, 0.3) is 0 Å². The van der Waals surface area contributed by atoms with Crippen LogP contribution in [0.2, 0.25) is 5.02 Å². The molecule has 202 valence electrons. The van der Waals surface area contributed by atoms with Crippen LogP contribution in [-0.2, 0) is 6.54 Å². The summed E-state index contributed by atoms with van der Waals surface area (Å²) in [6.07, 6.45) is 3.46. The Hall–Kier alpha value is -3.28. The van der Waals surface area contributed by atoms with Crippen LogP contribution in [0.5, 0.6) is 17.6 Å². The predicted octanol–water partition coefficient (Wildman–Crippen LogP) is 5.03. The van der Waals surface area contributed by atoms with Gasteiger partial charge in [-0.1, -0.05) is 11.6 Å². The average molecular weight is 550 g/mol. The van der Waals surface area contributed by atoms with Crippen LogP contribution in [0.3, 0.4) is 0 Å². The summed E-state index contributed by atoms with van der Waals surface area (Å²) >= 11 is 5.90. The van der Waals surface area contributed by atoms with Crippen molar-refractivity contribution in [2.75, 3.05) is 30.4 Å². The highest BCUT2D eigenvalue weighted by Crippen LogP contribution is 2.44. The summed E-state index contributed by atoms with van der Waals surface area (Å²) in [5, 5.41) is 16.0. The van der Waals surface area contributed by atoms with E-state index in [1.807, 2.05) is 6.07 Å². The van der Waals surface area contributed by atoms with Gasteiger partial charge in [-0.05, 0) is 42.7 Å². The second kappa shape index (κ2) is 9.79. The Morgan fingerprint density at radius 3 is 2.61 bits per heavy atom. The third kappa shape index (κ3) is 5.05. The number of rotatable bonds is 8. The highest BCUT2D eigenvalue weighted by Gasteiger charge is 2.46. The molecule has 0 amide bonds. The number of hydrogen-bond donors (Lipinski definition) is 1. The first-order valence-corrected chi connectivity index (χ1v) is 13.0. The minimum atomic E-state index is -2.64. The Morgan fingerprint density at radius 2 is 1.92 bits per heavy atom. The number of anilines is 2. The highest BCUT2D eigenvalue weighted by molar-refractivity contribution is 6.30. The third-order valence-corrected chi connectivity index (χ3v) is 7.95. The zero-order chi connectivity index (χ0) is 26.4. The first-order chi connectivity index (χ1) is 18.3.